The van der Waals surface area contributed by atoms with Gasteiger partial charge in [0.05, 0.1) is 12.7 Å². The van der Waals surface area contributed by atoms with E-state index in [0.717, 1.165) is 11.4 Å². The van der Waals surface area contributed by atoms with E-state index in [0.29, 0.717) is 22.4 Å². The first-order chi connectivity index (χ1) is 12.4. The number of oxazole rings is 1. The van der Waals surface area contributed by atoms with Crippen LogP contribution < -0.4 is 5.32 Å². The number of rotatable bonds is 5. The van der Waals surface area contributed by atoms with Crippen LogP contribution in [-0.2, 0) is 10.4 Å². The smallest absolute Gasteiger partial charge is 0.337 e. The molecule has 0 aliphatic rings. The lowest BCUT2D eigenvalue weighted by atomic mass is 10.00. The summed E-state index contributed by atoms with van der Waals surface area (Å²) in [6.07, 6.45) is 2.82. The van der Waals surface area contributed by atoms with Crippen molar-refractivity contribution in [2.24, 2.45) is 0 Å². The van der Waals surface area contributed by atoms with Gasteiger partial charge in [-0.05, 0) is 49.7 Å². The fourth-order valence-electron chi connectivity index (χ4n) is 2.56. The largest absolute Gasteiger partial charge is 0.465 e. The molecule has 1 N–H and O–H groups in total. The van der Waals surface area contributed by atoms with Crippen LogP contribution in [0.3, 0.4) is 0 Å². The minimum absolute atomic E-state index is 0.408. The highest BCUT2D eigenvalue weighted by molar-refractivity contribution is 5.93. The van der Waals surface area contributed by atoms with Gasteiger partial charge < -0.3 is 14.5 Å². The van der Waals surface area contributed by atoms with Crippen molar-refractivity contribution in [3.63, 3.8) is 0 Å². The number of ether oxygens (including phenoxy) is 1. The van der Waals surface area contributed by atoms with E-state index >= 15 is 0 Å². The first-order valence-electron chi connectivity index (χ1n) is 8.06. The lowest BCUT2D eigenvalue weighted by Gasteiger charge is -2.16. The molecule has 2 aromatic carbocycles. The van der Waals surface area contributed by atoms with Crippen LogP contribution in [0.25, 0.3) is 11.3 Å². The van der Waals surface area contributed by atoms with Crippen molar-refractivity contribution in [1.82, 2.24) is 4.98 Å². The van der Waals surface area contributed by atoms with Gasteiger partial charge in [0.15, 0.2) is 6.39 Å². The van der Waals surface area contributed by atoms with Crippen molar-refractivity contribution < 1.29 is 18.3 Å². The summed E-state index contributed by atoms with van der Waals surface area (Å²) in [6, 6.07) is 12.2. The van der Waals surface area contributed by atoms with E-state index in [1.807, 2.05) is 0 Å². The van der Waals surface area contributed by atoms with E-state index < -0.39 is 11.6 Å². The molecule has 0 bridgehead atoms. The molecule has 0 aliphatic carbocycles. The van der Waals surface area contributed by atoms with Crippen molar-refractivity contribution >= 4 is 17.3 Å². The van der Waals surface area contributed by atoms with Crippen LogP contribution in [0.4, 0.5) is 15.8 Å². The van der Waals surface area contributed by atoms with E-state index in [-0.39, 0.29) is 0 Å². The molecular formula is C20H19FN2O3. The number of carbonyl (C=O) groups excluding carboxylic acids is 1. The number of alkyl halides is 1. The third-order valence-electron chi connectivity index (χ3n) is 4.00. The number of aromatic nitrogens is 1. The van der Waals surface area contributed by atoms with Crippen molar-refractivity contribution in [3.8, 4) is 11.3 Å². The quantitative estimate of drug-likeness (QED) is 0.648. The predicted molar refractivity (Wildman–Crippen MR) is 97.1 cm³/mol. The number of halogens is 1. The number of benzene rings is 2. The van der Waals surface area contributed by atoms with E-state index in [9.17, 15) is 9.18 Å². The molecule has 5 nitrogen and oxygen atoms in total. The molecule has 1 heterocycles. The Bertz CT molecular complexity index is 898. The third-order valence-corrected chi connectivity index (χ3v) is 4.00. The minimum atomic E-state index is -1.40. The molecule has 1 aromatic heterocycles. The highest BCUT2D eigenvalue weighted by atomic mass is 19.1. The van der Waals surface area contributed by atoms with Crippen molar-refractivity contribution in [2.75, 3.05) is 12.4 Å². The molecule has 0 radical (unpaired) electrons. The van der Waals surface area contributed by atoms with E-state index in [4.69, 9.17) is 9.15 Å². The maximum atomic E-state index is 14.0. The number of carbonyl (C=O) groups is 1. The Morgan fingerprint density at radius 2 is 1.92 bits per heavy atom. The molecule has 6 heteroatoms. The van der Waals surface area contributed by atoms with Gasteiger partial charge in [-0.25, -0.2) is 14.2 Å². The van der Waals surface area contributed by atoms with E-state index in [1.54, 1.807) is 42.5 Å². The molecular weight excluding hydrogens is 335 g/mol. The van der Waals surface area contributed by atoms with E-state index in [2.05, 4.69) is 10.3 Å². The van der Waals surface area contributed by atoms with Gasteiger partial charge >= 0.3 is 5.97 Å². The Morgan fingerprint density at radius 1 is 1.19 bits per heavy atom. The lowest BCUT2D eigenvalue weighted by molar-refractivity contribution is 0.0601. The van der Waals surface area contributed by atoms with Gasteiger partial charge in [0.2, 0.25) is 0 Å². The Kier molecular flexibility index (Phi) is 4.75. The van der Waals surface area contributed by atoms with Crippen LogP contribution in [-0.4, -0.2) is 18.1 Å². The van der Waals surface area contributed by atoms with Crippen molar-refractivity contribution in [3.05, 3.63) is 66.2 Å². The van der Waals surface area contributed by atoms with Gasteiger partial charge in [-0.2, -0.15) is 0 Å². The summed E-state index contributed by atoms with van der Waals surface area (Å²) < 4.78 is 23.8. The van der Waals surface area contributed by atoms with Crippen molar-refractivity contribution in [2.45, 2.75) is 19.5 Å². The summed E-state index contributed by atoms with van der Waals surface area (Å²) in [7, 11) is 1.33. The molecule has 0 atom stereocenters. The molecule has 0 spiro atoms. The summed E-state index contributed by atoms with van der Waals surface area (Å²) >= 11 is 0. The number of nitrogens with zero attached hydrogens (tertiary/aromatic N) is 1. The zero-order valence-corrected chi connectivity index (χ0v) is 14.7. The second-order valence-electron chi connectivity index (χ2n) is 6.30. The Balaban J connectivity index is 1.95. The molecule has 0 aliphatic heterocycles. The van der Waals surface area contributed by atoms with Crippen LogP contribution in [0.2, 0.25) is 0 Å². The molecule has 26 heavy (non-hydrogen) atoms. The fourth-order valence-corrected chi connectivity index (χ4v) is 2.56. The van der Waals surface area contributed by atoms with Crippen LogP contribution >= 0.6 is 0 Å². The summed E-state index contributed by atoms with van der Waals surface area (Å²) in [5.74, 6) is -0.434. The highest BCUT2D eigenvalue weighted by Gasteiger charge is 2.18. The third kappa shape index (κ3) is 3.74. The zero-order chi connectivity index (χ0) is 18.7. The molecule has 0 amide bonds. The number of anilines is 2. The van der Waals surface area contributed by atoms with Crippen LogP contribution in [0.1, 0.15) is 29.8 Å². The van der Waals surface area contributed by atoms with Gasteiger partial charge in [-0.15, -0.1) is 0 Å². The Hall–Kier alpha value is -3.15. The molecule has 134 valence electrons. The first kappa shape index (κ1) is 17.7. The normalized spacial score (nSPS) is 11.2. The molecule has 0 saturated carbocycles. The van der Waals surface area contributed by atoms with Crippen LogP contribution in [0.5, 0.6) is 0 Å². The number of nitrogens with one attached hydrogen (secondary N) is 1. The highest BCUT2D eigenvalue weighted by Crippen LogP contribution is 2.32. The predicted octanol–water partition coefficient (Wildman–Crippen LogP) is 5.08. The summed E-state index contributed by atoms with van der Waals surface area (Å²) in [5.41, 5.74) is 2.40. The Labute approximate surface area is 150 Å². The molecule has 0 fully saturated rings. The molecule has 0 unspecified atom stereocenters. The second kappa shape index (κ2) is 7.00. The number of methoxy groups -OCH3 is 1. The zero-order valence-electron chi connectivity index (χ0n) is 14.7. The van der Waals surface area contributed by atoms with Gasteiger partial charge in [-0.1, -0.05) is 12.1 Å². The Morgan fingerprint density at radius 3 is 2.50 bits per heavy atom. The molecule has 3 aromatic rings. The topological polar surface area (TPSA) is 64.4 Å². The number of hydrogen-bond acceptors (Lipinski definition) is 5. The summed E-state index contributed by atoms with van der Waals surface area (Å²) in [6.45, 7) is 3.04. The number of hydrogen-bond donors (Lipinski definition) is 1. The summed E-state index contributed by atoms with van der Waals surface area (Å²) in [4.78, 5) is 16.0. The van der Waals surface area contributed by atoms with E-state index in [1.165, 1.54) is 33.6 Å². The summed E-state index contributed by atoms with van der Waals surface area (Å²) in [5, 5.41) is 3.27. The minimum Gasteiger partial charge on any atom is -0.465 e. The van der Waals surface area contributed by atoms with Crippen LogP contribution in [0.15, 0.2) is 59.5 Å². The first-order valence-corrected chi connectivity index (χ1v) is 8.06. The SMILES string of the molecule is COC(=O)c1ccc(Nc2ccc(C(C)(C)F)cc2)c(-c2cocn2)c1. The van der Waals surface area contributed by atoms with Crippen LogP contribution in [0, 0.1) is 0 Å². The average Bonchev–Trinajstić information content (AvgIpc) is 3.15. The maximum Gasteiger partial charge on any atom is 0.337 e. The average molecular weight is 354 g/mol. The standard InChI is InChI=1S/C20H19FN2O3/c1-20(2,21)14-5-7-15(8-6-14)23-17-9-4-13(19(24)25-3)10-16(17)18-11-26-12-22-18/h4-12,23H,1-3H3. The number of esters is 1. The van der Waals surface area contributed by atoms with Gasteiger partial charge in [0.1, 0.15) is 17.6 Å². The monoisotopic (exact) mass is 354 g/mol. The molecule has 3 rings (SSSR count). The van der Waals surface area contributed by atoms with Gasteiger partial charge in [0, 0.05) is 16.9 Å². The van der Waals surface area contributed by atoms with Gasteiger partial charge in [-0.3, -0.25) is 0 Å². The maximum absolute atomic E-state index is 14.0. The molecule has 0 saturated heterocycles. The fraction of sp³-hybridized carbons (Fsp3) is 0.200. The van der Waals surface area contributed by atoms with Gasteiger partial charge in [0.25, 0.3) is 0 Å². The lowest BCUT2D eigenvalue weighted by Crippen LogP contribution is -2.08. The second-order valence-corrected chi connectivity index (χ2v) is 6.30. The van der Waals surface area contributed by atoms with Crippen molar-refractivity contribution in [1.29, 1.82) is 0 Å².